The fourth-order valence-electron chi connectivity index (χ4n) is 2.76. The van der Waals surface area contributed by atoms with E-state index in [0.29, 0.717) is 13.0 Å². The van der Waals surface area contributed by atoms with Crippen molar-refractivity contribution in [3.8, 4) is 5.75 Å². The molecule has 0 aliphatic carbocycles. The molecule has 0 saturated heterocycles. The zero-order chi connectivity index (χ0) is 15.0. The molecule has 3 heteroatoms. The van der Waals surface area contributed by atoms with Gasteiger partial charge in [-0.1, -0.05) is 32.0 Å². The second kappa shape index (κ2) is 5.15. The summed E-state index contributed by atoms with van der Waals surface area (Å²) in [6.45, 7) is 5.06. The molecule has 2 N–H and O–H groups in total. The van der Waals surface area contributed by atoms with E-state index in [4.69, 9.17) is 10.5 Å². The minimum atomic E-state index is -0.219. The maximum Gasteiger partial charge on any atom is 0.123 e. The molecule has 0 aromatic heterocycles. The summed E-state index contributed by atoms with van der Waals surface area (Å²) in [5.41, 5.74) is 9.69. The van der Waals surface area contributed by atoms with E-state index in [2.05, 4.69) is 19.9 Å². The molecule has 1 aliphatic rings. The number of fused-ring (bicyclic) bond motifs is 1. The zero-order valence-corrected chi connectivity index (χ0v) is 12.4. The molecular weight excluding hydrogens is 265 g/mol. The molecule has 1 heterocycles. The lowest BCUT2D eigenvalue weighted by molar-refractivity contribution is 0.291. The summed E-state index contributed by atoms with van der Waals surface area (Å²) in [6.07, 6.45) is 0.695. The lowest BCUT2D eigenvalue weighted by Gasteiger charge is -2.18. The maximum absolute atomic E-state index is 12.9. The number of hydrogen-bond donors (Lipinski definition) is 1. The average Bonchev–Trinajstić information content (AvgIpc) is 2.77. The van der Waals surface area contributed by atoms with Gasteiger partial charge in [0.1, 0.15) is 11.6 Å². The molecule has 2 nitrogen and oxygen atoms in total. The number of nitrogens with two attached hydrogens (primary N) is 1. The second-order valence-corrected chi connectivity index (χ2v) is 6.37. The largest absolute Gasteiger partial charge is 0.492 e. The fourth-order valence-corrected chi connectivity index (χ4v) is 2.76. The Kier molecular flexibility index (Phi) is 3.46. The van der Waals surface area contributed by atoms with Crippen LogP contribution in [-0.4, -0.2) is 6.61 Å². The summed E-state index contributed by atoms with van der Waals surface area (Å²) in [5, 5.41) is 0. The summed E-state index contributed by atoms with van der Waals surface area (Å²) in [4.78, 5) is 0. The molecule has 0 radical (unpaired) electrons. The van der Waals surface area contributed by atoms with Gasteiger partial charge >= 0.3 is 0 Å². The van der Waals surface area contributed by atoms with Crippen LogP contribution in [0.5, 0.6) is 5.75 Å². The van der Waals surface area contributed by atoms with Crippen molar-refractivity contribution in [3.05, 3.63) is 65.0 Å². The van der Waals surface area contributed by atoms with E-state index in [9.17, 15) is 4.39 Å². The highest BCUT2D eigenvalue weighted by Crippen LogP contribution is 2.39. The summed E-state index contributed by atoms with van der Waals surface area (Å²) < 4.78 is 18.6. The normalized spacial score (nSPS) is 17.1. The topological polar surface area (TPSA) is 35.2 Å². The molecule has 0 fully saturated rings. The van der Waals surface area contributed by atoms with Gasteiger partial charge in [-0.25, -0.2) is 4.39 Å². The molecule has 110 valence electrons. The Morgan fingerprint density at radius 1 is 1.19 bits per heavy atom. The maximum atomic E-state index is 12.9. The summed E-state index contributed by atoms with van der Waals surface area (Å²) in [5.74, 6) is 0.737. The lowest BCUT2D eigenvalue weighted by atomic mass is 9.85. The van der Waals surface area contributed by atoms with Crippen LogP contribution in [-0.2, 0) is 11.8 Å². The first-order valence-electron chi connectivity index (χ1n) is 7.23. The van der Waals surface area contributed by atoms with Crippen LogP contribution in [0.15, 0.2) is 42.5 Å². The third kappa shape index (κ3) is 2.79. The van der Waals surface area contributed by atoms with E-state index < -0.39 is 0 Å². The Morgan fingerprint density at radius 3 is 2.62 bits per heavy atom. The number of benzene rings is 2. The molecule has 0 bridgehead atoms. The van der Waals surface area contributed by atoms with Crippen LogP contribution >= 0.6 is 0 Å². The van der Waals surface area contributed by atoms with Crippen LogP contribution in [0.1, 0.15) is 36.6 Å². The van der Waals surface area contributed by atoms with Crippen molar-refractivity contribution in [2.75, 3.05) is 6.61 Å². The van der Waals surface area contributed by atoms with Gasteiger partial charge < -0.3 is 10.5 Å². The van der Waals surface area contributed by atoms with Gasteiger partial charge in [0, 0.05) is 17.0 Å². The van der Waals surface area contributed by atoms with Gasteiger partial charge in [0.05, 0.1) is 6.61 Å². The van der Waals surface area contributed by atoms with Gasteiger partial charge in [0.25, 0.3) is 0 Å². The van der Waals surface area contributed by atoms with Crippen LogP contribution in [0.25, 0.3) is 0 Å². The Labute approximate surface area is 124 Å². The molecule has 1 aliphatic heterocycles. The molecule has 2 aromatic carbocycles. The second-order valence-electron chi connectivity index (χ2n) is 6.37. The van der Waals surface area contributed by atoms with Crippen molar-refractivity contribution < 1.29 is 9.13 Å². The standard InChI is InChI=1S/C18H20FNO/c1-18(2)11-21-17-8-5-13(10-15(17)18)16(20)9-12-3-6-14(19)7-4-12/h3-8,10,16H,9,11,20H2,1-2H3. The minimum absolute atomic E-state index is 0.0287. The minimum Gasteiger partial charge on any atom is -0.492 e. The first-order chi connectivity index (χ1) is 9.95. The molecule has 1 atom stereocenters. The van der Waals surface area contributed by atoms with Gasteiger partial charge in [-0.15, -0.1) is 0 Å². The van der Waals surface area contributed by atoms with Crippen LogP contribution in [0.4, 0.5) is 4.39 Å². The summed E-state index contributed by atoms with van der Waals surface area (Å²) in [7, 11) is 0. The lowest BCUT2D eigenvalue weighted by Crippen LogP contribution is -2.19. The molecule has 2 aromatic rings. The zero-order valence-electron chi connectivity index (χ0n) is 12.4. The van der Waals surface area contributed by atoms with Gasteiger partial charge in [-0.05, 0) is 41.8 Å². The Hall–Kier alpha value is -1.87. The van der Waals surface area contributed by atoms with E-state index in [-0.39, 0.29) is 17.3 Å². The van der Waals surface area contributed by atoms with Gasteiger partial charge in [-0.3, -0.25) is 0 Å². The highest BCUT2D eigenvalue weighted by molar-refractivity contribution is 5.46. The number of rotatable bonds is 3. The van der Waals surface area contributed by atoms with Crippen molar-refractivity contribution in [1.29, 1.82) is 0 Å². The predicted molar refractivity (Wildman–Crippen MR) is 82.0 cm³/mol. The van der Waals surface area contributed by atoms with E-state index in [0.717, 1.165) is 16.9 Å². The molecule has 0 amide bonds. The Morgan fingerprint density at radius 2 is 1.90 bits per heavy atom. The number of ether oxygens (including phenoxy) is 1. The molecular formula is C18H20FNO. The molecule has 21 heavy (non-hydrogen) atoms. The van der Waals surface area contributed by atoms with Gasteiger partial charge in [0.2, 0.25) is 0 Å². The van der Waals surface area contributed by atoms with Crippen LogP contribution in [0.3, 0.4) is 0 Å². The van der Waals surface area contributed by atoms with E-state index in [1.807, 2.05) is 12.1 Å². The Balaban J connectivity index is 1.82. The van der Waals surface area contributed by atoms with Crippen LogP contribution in [0, 0.1) is 5.82 Å². The highest BCUT2D eigenvalue weighted by Gasteiger charge is 2.32. The van der Waals surface area contributed by atoms with Gasteiger partial charge in [-0.2, -0.15) is 0 Å². The number of hydrogen-bond acceptors (Lipinski definition) is 2. The van der Waals surface area contributed by atoms with E-state index >= 15 is 0 Å². The first-order valence-corrected chi connectivity index (χ1v) is 7.23. The molecule has 3 rings (SSSR count). The monoisotopic (exact) mass is 285 g/mol. The van der Waals surface area contributed by atoms with Crippen LogP contribution in [0.2, 0.25) is 0 Å². The van der Waals surface area contributed by atoms with Gasteiger partial charge in [0.15, 0.2) is 0 Å². The molecule has 0 saturated carbocycles. The summed E-state index contributed by atoms with van der Waals surface area (Å²) in [6, 6.07) is 12.6. The highest BCUT2D eigenvalue weighted by atomic mass is 19.1. The molecule has 0 spiro atoms. The van der Waals surface area contributed by atoms with Crippen molar-refractivity contribution in [1.82, 2.24) is 0 Å². The first kappa shape index (κ1) is 14.1. The van der Waals surface area contributed by atoms with Crippen molar-refractivity contribution >= 4 is 0 Å². The fraction of sp³-hybridized carbons (Fsp3) is 0.333. The van der Waals surface area contributed by atoms with Crippen molar-refractivity contribution in [2.24, 2.45) is 5.73 Å². The average molecular weight is 285 g/mol. The Bertz CT molecular complexity index is 649. The van der Waals surface area contributed by atoms with E-state index in [1.54, 1.807) is 12.1 Å². The SMILES string of the molecule is CC1(C)COc2ccc(C(N)Cc3ccc(F)cc3)cc21. The third-order valence-corrected chi connectivity index (χ3v) is 4.12. The molecule has 1 unspecified atom stereocenters. The predicted octanol–water partition coefficient (Wildman–Crippen LogP) is 3.74. The third-order valence-electron chi connectivity index (χ3n) is 4.12. The quantitative estimate of drug-likeness (QED) is 0.932. The van der Waals surface area contributed by atoms with Crippen LogP contribution < -0.4 is 10.5 Å². The van der Waals surface area contributed by atoms with Crippen molar-refractivity contribution in [2.45, 2.75) is 31.7 Å². The smallest absolute Gasteiger partial charge is 0.123 e. The van der Waals surface area contributed by atoms with E-state index in [1.165, 1.54) is 17.7 Å². The summed E-state index contributed by atoms with van der Waals surface area (Å²) >= 11 is 0. The van der Waals surface area contributed by atoms with Crippen molar-refractivity contribution in [3.63, 3.8) is 0 Å². The number of halogens is 1.